The molecule has 1 fully saturated rings. The zero-order chi connectivity index (χ0) is 16.4. The number of aromatic nitrogens is 2. The number of nitrogens with zero attached hydrogens (tertiary/aromatic N) is 3. The zero-order valence-corrected chi connectivity index (χ0v) is 13.8. The van der Waals surface area contributed by atoms with E-state index in [1.165, 1.54) is 0 Å². The summed E-state index contributed by atoms with van der Waals surface area (Å²) in [4.78, 5) is 14.9. The molecule has 1 amide bonds. The van der Waals surface area contributed by atoms with E-state index in [9.17, 15) is 4.79 Å². The Morgan fingerprint density at radius 3 is 2.78 bits per heavy atom. The number of aryl methyl sites for hydroxylation is 1. The standard InChI is InChI=1S/C18H24N4O/c1-13-7-6-10-21(17(13)11-19)18(23)16-12-22(20-14(16)2)15-8-4-3-5-9-15/h3-5,8-9,12-13,17H,6-7,10-11,19H2,1-2H3/t13-,17+/m1/s1. The first-order valence-corrected chi connectivity index (χ1v) is 8.24. The lowest BCUT2D eigenvalue weighted by molar-refractivity contribution is 0.0532. The normalized spacial score (nSPS) is 21.4. The Balaban J connectivity index is 1.89. The summed E-state index contributed by atoms with van der Waals surface area (Å²) in [6.07, 6.45) is 4.00. The van der Waals surface area contributed by atoms with Crippen LogP contribution in [0.1, 0.15) is 35.8 Å². The van der Waals surface area contributed by atoms with Crippen LogP contribution in [-0.4, -0.2) is 39.7 Å². The van der Waals surface area contributed by atoms with Gasteiger partial charge in [0, 0.05) is 25.3 Å². The van der Waals surface area contributed by atoms with Gasteiger partial charge >= 0.3 is 0 Å². The summed E-state index contributed by atoms with van der Waals surface area (Å²) in [5, 5.41) is 4.50. The van der Waals surface area contributed by atoms with Gasteiger partial charge in [-0.15, -0.1) is 0 Å². The number of hydrogen-bond donors (Lipinski definition) is 1. The average Bonchev–Trinajstić information content (AvgIpc) is 2.96. The van der Waals surface area contributed by atoms with Crippen LogP contribution in [0.2, 0.25) is 0 Å². The Labute approximate surface area is 137 Å². The van der Waals surface area contributed by atoms with Crippen molar-refractivity contribution in [2.24, 2.45) is 11.7 Å². The highest BCUT2D eigenvalue weighted by molar-refractivity contribution is 5.95. The molecule has 1 aliphatic heterocycles. The molecule has 3 rings (SSSR count). The van der Waals surface area contributed by atoms with Gasteiger partial charge < -0.3 is 10.6 Å². The number of likely N-dealkylation sites (tertiary alicyclic amines) is 1. The molecule has 1 aromatic heterocycles. The second-order valence-corrected chi connectivity index (χ2v) is 6.33. The van der Waals surface area contributed by atoms with E-state index in [-0.39, 0.29) is 11.9 Å². The van der Waals surface area contributed by atoms with Crippen molar-refractivity contribution >= 4 is 5.91 Å². The number of hydrogen-bond acceptors (Lipinski definition) is 3. The lowest BCUT2D eigenvalue weighted by Crippen LogP contribution is -2.51. The molecule has 122 valence electrons. The molecule has 0 saturated carbocycles. The third kappa shape index (κ3) is 3.01. The summed E-state index contributed by atoms with van der Waals surface area (Å²) in [7, 11) is 0. The van der Waals surface area contributed by atoms with E-state index in [2.05, 4.69) is 12.0 Å². The van der Waals surface area contributed by atoms with Crippen LogP contribution in [0.5, 0.6) is 0 Å². The van der Waals surface area contributed by atoms with Crippen LogP contribution in [0.25, 0.3) is 5.69 Å². The van der Waals surface area contributed by atoms with Crippen LogP contribution < -0.4 is 5.73 Å². The Kier molecular flexibility index (Phi) is 4.48. The average molecular weight is 312 g/mol. The van der Waals surface area contributed by atoms with Crippen molar-refractivity contribution in [2.45, 2.75) is 32.7 Å². The highest BCUT2D eigenvalue weighted by Gasteiger charge is 2.32. The van der Waals surface area contributed by atoms with Gasteiger partial charge in [0.1, 0.15) is 0 Å². The number of benzene rings is 1. The number of piperidine rings is 1. The SMILES string of the molecule is Cc1nn(-c2ccccc2)cc1C(=O)N1CCC[C@@H](C)[C@@H]1CN. The largest absolute Gasteiger partial charge is 0.334 e. The van der Waals surface area contributed by atoms with Gasteiger partial charge in [-0.25, -0.2) is 4.68 Å². The summed E-state index contributed by atoms with van der Waals surface area (Å²) in [6, 6.07) is 9.97. The Morgan fingerprint density at radius 1 is 1.35 bits per heavy atom. The van der Waals surface area contributed by atoms with Crippen molar-refractivity contribution in [1.82, 2.24) is 14.7 Å². The Bertz CT molecular complexity index is 680. The van der Waals surface area contributed by atoms with Crippen LogP contribution in [0, 0.1) is 12.8 Å². The van der Waals surface area contributed by atoms with Gasteiger partial charge in [-0.3, -0.25) is 4.79 Å². The molecule has 2 heterocycles. The number of nitrogens with two attached hydrogens (primary N) is 1. The minimum absolute atomic E-state index is 0.0479. The fourth-order valence-corrected chi connectivity index (χ4v) is 3.40. The van der Waals surface area contributed by atoms with Crippen LogP contribution in [0.3, 0.4) is 0 Å². The fraction of sp³-hybridized carbons (Fsp3) is 0.444. The predicted octanol–water partition coefficient (Wildman–Crippen LogP) is 2.38. The van der Waals surface area contributed by atoms with Crippen LogP contribution >= 0.6 is 0 Å². The lowest BCUT2D eigenvalue weighted by Gasteiger charge is -2.39. The molecule has 1 aromatic carbocycles. The molecule has 1 aliphatic rings. The number of amides is 1. The molecule has 5 nitrogen and oxygen atoms in total. The fourth-order valence-electron chi connectivity index (χ4n) is 3.40. The zero-order valence-electron chi connectivity index (χ0n) is 13.8. The van der Waals surface area contributed by atoms with Gasteiger partial charge in [0.15, 0.2) is 0 Å². The first-order chi connectivity index (χ1) is 11.1. The van der Waals surface area contributed by atoms with Gasteiger partial charge in [0.05, 0.1) is 16.9 Å². The maximum absolute atomic E-state index is 13.0. The summed E-state index contributed by atoms with van der Waals surface area (Å²) in [5.74, 6) is 0.494. The second-order valence-electron chi connectivity index (χ2n) is 6.33. The van der Waals surface area contributed by atoms with E-state index < -0.39 is 0 Å². The highest BCUT2D eigenvalue weighted by Crippen LogP contribution is 2.25. The Hall–Kier alpha value is -2.14. The van der Waals surface area contributed by atoms with Crippen molar-refractivity contribution in [2.75, 3.05) is 13.1 Å². The number of para-hydroxylation sites is 1. The van der Waals surface area contributed by atoms with Crippen LogP contribution in [-0.2, 0) is 0 Å². The molecule has 0 bridgehead atoms. The summed E-state index contributed by atoms with van der Waals surface area (Å²) in [5.41, 5.74) is 8.30. The van der Waals surface area contributed by atoms with Crippen molar-refractivity contribution in [3.8, 4) is 5.69 Å². The second kappa shape index (κ2) is 6.54. The summed E-state index contributed by atoms with van der Waals surface area (Å²) < 4.78 is 1.77. The molecule has 23 heavy (non-hydrogen) atoms. The summed E-state index contributed by atoms with van der Waals surface area (Å²) in [6.45, 7) is 5.36. The number of carbonyl (C=O) groups excluding carboxylic acids is 1. The quantitative estimate of drug-likeness (QED) is 0.946. The third-order valence-electron chi connectivity index (χ3n) is 4.77. The van der Waals surface area contributed by atoms with Crippen molar-refractivity contribution in [3.63, 3.8) is 0 Å². The summed E-state index contributed by atoms with van der Waals surface area (Å²) >= 11 is 0. The number of rotatable bonds is 3. The first kappa shape index (κ1) is 15.7. The molecule has 0 radical (unpaired) electrons. The van der Waals surface area contributed by atoms with E-state index in [0.29, 0.717) is 18.0 Å². The molecule has 2 aromatic rings. The van der Waals surface area contributed by atoms with E-state index >= 15 is 0 Å². The van der Waals surface area contributed by atoms with Crippen LogP contribution in [0.15, 0.2) is 36.5 Å². The van der Waals surface area contributed by atoms with Crippen LogP contribution in [0.4, 0.5) is 0 Å². The lowest BCUT2D eigenvalue weighted by atomic mass is 9.90. The van der Waals surface area contributed by atoms with E-state index in [4.69, 9.17) is 5.73 Å². The molecule has 2 atom stereocenters. The third-order valence-corrected chi connectivity index (χ3v) is 4.77. The molecule has 0 aliphatic carbocycles. The smallest absolute Gasteiger partial charge is 0.257 e. The van der Waals surface area contributed by atoms with Gasteiger partial charge in [-0.05, 0) is 37.8 Å². The first-order valence-electron chi connectivity index (χ1n) is 8.24. The molecule has 2 N–H and O–H groups in total. The van der Waals surface area contributed by atoms with Crippen molar-refractivity contribution < 1.29 is 4.79 Å². The molecule has 0 unspecified atom stereocenters. The van der Waals surface area contributed by atoms with E-state index in [1.807, 2.05) is 48.4 Å². The number of carbonyl (C=O) groups is 1. The van der Waals surface area contributed by atoms with Gasteiger partial charge in [0.25, 0.3) is 5.91 Å². The Morgan fingerprint density at radius 2 is 2.09 bits per heavy atom. The maximum atomic E-state index is 13.0. The maximum Gasteiger partial charge on any atom is 0.257 e. The van der Waals surface area contributed by atoms with Crippen molar-refractivity contribution in [3.05, 3.63) is 47.8 Å². The topological polar surface area (TPSA) is 64.2 Å². The minimum Gasteiger partial charge on any atom is -0.334 e. The molecular formula is C18H24N4O. The monoisotopic (exact) mass is 312 g/mol. The molecular weight excluding hydrogens is 288 g/mol. The van der Waals surface area contributed by atoms with E-state index in [0.717, 1.165) is 30.8 Å². The predicted molar refractivity (Wildman–Crippen MR) is 90.6 cm³/mol. The highest BCUT2D eigenvalue weighted by atomic mass is 16.2. The van der Waals surface area contributed by atoms with E-state index in [1.54, 1.807) is 4.68 Å². The molecule has 5 heteroatoms. The minimum atomic E-state index is 0.0479. The van der Waals surface area contributed by atoms with Gasteiger partial charge in [-0.1, -0.05) is 25.1 Å². The molecule has 1 saturated heterocycles. The van der Waals surface area contributed by atoms with Gasteiger partial charge in [0.2, 0.25) is 0 Å². The van der Waals surface area contributed by atoms with Crippen molar-refractivity contribution in [1.29, 1.82) is 0 Å². The molecule has 0 spiro atoms. The van der Waals surface area contributed by atoms with Gasteiger partial charge in [-0.2, -0.15) is 5.10 Å².